The number of nitriles is 1. The summed E-state index contributed by atoms with van der Waals surface area (Å²) in [6.45, 7) is 3.53. The number of carbonyl (C=O) groups is 1. The number of aliphatic hydroxyl groups excluding tert-OH is 1. The Morgan fingerprint density at radius 2 is 1.73 bits per heavy atom. The van der Waals surface area contributed by atoms with Gasteiger partial charge in [-0.15, -0.1) is 0 Å². The first kappa shape index (κ1) is 16.4. The van der Waals surface area contributed by atoms with Crippen molar-refractivity contribution in [3.63, 3.8) is 0 Å². The zero-order chi connectivity index (χ0) is 16.2. The minimum atomic E-state index is -0.890. The average molecular weight is 358 g/mol. The monoisotopic (exact) mass is 359 g/mol. The van der Waals surface area contributed by atoms with Gasteiger partial charge in [-0.1, -0.05) is 0 Å². The summed E-state index contributed by atoms with van der Waals surface area (Å²) in [6.07, 6.45) is -0.890. The van der Waals surface area contributed by atoms with E-state index in [1.807, 2.05) is 36.4 Å². The van der Waals surface area contributed by atoms with Crippen molar-refractivity contribution < 1.29 is 9.90 Å². The summed E-state index contributed by atoms with van der Waals surface area (Å²) in [5.41, 5.74) is 0.319. The molecule has 2 aromatic carbocycles. The van der Waals surface area contributed by atoms with Gasteiger partial charge in [0.15, 0.2) is 0 Å². The molecule has 0 saturated carbocycles. The van der Waals surface area contributed by atoms with Crippen LogP contribution in [-0.4, -0.2) is 24.7 Å². The number of benzene rings is 2. The second-order valence-corrected chi connectivity index (χ2v) is 7.76. The Balaban J connectivity index is 2.17. The Hall–Kier alpha value is -1.92. The number of aliphatic hydroxyl groups is 1. The Morgan fingerprint density at radius 3 is 2.27 bits per heavy atom. The van der Waals surface area contributed by atoms with Gasteiger partial charge in [-0.2, -0.15) is 0 Å². The van der Waals surface area contributed by atoms with Crippen LogP contribution in [0.15, 0.2) is 54.6 Å². The van der Waals surface area contributed by atoms with Crippen LogP contribution in [0.1, 0.15) is 31.1 Å². The molecule has 112 valence electrons. The fraction of sp³-hybridized carbons (Fsp3) is 0.222. The van der Waals surface area contributed by atoms with E-state index in [4.69, 9.17) is 5.26 Å². The van der Waals surface area contributed by atoms with E-state index in [1.165, 1.54) is 0 Å². The van der Waals surface area contributed by atoms with E-state index >= 15 is 0 Å². The van der Waals surface area contributed by atoms with Crippen molar-refractivity contribution in [1.82, 2.24) is 0 Å². The van der Waals surface area contributed by atoms with Crippen LogP contribution in [0.4, 0.5) is 0 Å². The quantitative estimate of drug-likeness (QED) is 0.834. The molecule has 1 atom stereocenters. The van der Waals surface area contributed by atoms with Crippen LogP contribution in [0.25, 0.3) is 0 Å². The molecule has 3 nitrogen and oxygen atoms in total. The fourth-order valence-electron chi connectivity index (χ4n) is 2.00. The van der Waals surface area contributed by atoms with Crippen molar-refractivity contribution in [3.05, 3.63) is 65.7 Å². The zero-order valence-corrected chi connectivity index (χ0v) is 14.2. The molecule has 0 heterocycles. The van der Waals surface area contributed by atoms with Crippen LogP contribution in [0.2, 0.25) is 0 Å². The van der Waals surface area contributed by atoms with Crippen molar-refractivity contribution in [3.8, 4) is 6.07 Å². The normalized spacial score (nSPS) is 12.5. The number of hydrogen-bond donors (Lipinski definition) is 1. The second-order valence-electron chi connectivity index (χ2n) is 5.56. The number of hydrogen-bond acceptors (Lipinski definition) is 3. The van der Waals surface area contributed by atoms with E-state index in [0.29, 0.717) is 11.1 Å². The summed E-state index contributed by atoms with van der Waals surface area (Å²) in [7, 11) is 0. The van der Waals surface area contributed by atoms with Crippen LogP contribution in [-0.2, 0) is 4.79 Å². The molecule has 22 heavy (non-hydrogen) atoms. The van der Waals surface area contributed by atoms with Crippen molar-refractivity contribution in [2.45, 2.75) is 20.0 Å². The predicted octanol–water partition coefficient (Wildman–Crippen LogP) is 2.17. The molecule has 2 rings (SSSR count). The van der Waals surface area contributed by atoms with Gasteiger partial charge in [-0.05, 0) is 0 Å². The molecule has 0 aliphatic heterocycles. The van der Waals surface area contributed by atoms with Gasteiger partial charge in [0.2, 0.25) is 0 Å². The van der Waals surface area contributed by atoms with Crippen molar-refractivity contribution in [1.29, 1.82) is 5.26 Å². The molecule has 0 aromatic heterocycles. The first-order chi connectivity index (χ1) is 10.4. The van der Waals surface area contributed by atoms with Gasteiger partial charge in [0.05, 0.1) is 0 Å². The standard InChI is InChI=1S/C18H17NO2Se/c1-18(2,17(21)22-15-6-4-3-5-7-15)16(20)14-10-8-13(12-19)9-11-14/h3-11,16,20H,1-2H3. The summed E-state index contributed by atoms with van der Waals surface area (Å²) in [6, 6.07) is 18.4. The summed E-state index contributed by atoms with van der Waals surface area (Å²) in [5, 5.41) is 19.4. The third kappa shape index (κ3) is 3.64. The topological polar surface area (TPSA) is 61.1 Å². The third-order valence-electron chi connectivity index (χ3n) is 3.52. The van der Waals surface area contributed by atoms with E-state index in [2.05, 4.69) is 0 Å². The molecule has 4 heteroatoms. The number of nitrogens with zero attached hydrogens (tertiary/aromatic N) is 1. The van der Waals surface area contributed by atoms with Gasteiger partial charge >= 0.3 is 136 Å². The second kappa shape index (κ2) is 6.89. The molecule has 1 unspecified atom stereocenters. The Kier molecular flexibility index (Phi) is 5.15. The predicted molar refractivity (Wildman–Crippen MR) is 86.7 cm³/mol. The molecule has 1 N–H and O–H groups in total. The minimum absolute atomic E-state index is 0.0445. The van der Waals surface area contributed by atoms with Gasteiger partial charge in [-0.25, -0.2) is 0 Å². The molecule has 0 spiro atoms. The molecule has 0 amide bonds. The van der Waals surface area contributed by atoms with E-state index in [1.54, 1.807) is 38.1 Å². The van der Waals surface area contributed by atoms with Crippen LogP contribution in [0.3, 0.4) is 0 Å². The summed E-state index contributed by atoms with van der Waals surface area (Å²) < 4.78 is 1.04. The van der Waals surface area contributed by atoms with Crippen molar-refractivity contribution in [2.75, 3.05) is 0 Å². The zero-order valence-electron chi connectivity index (χ0n) is 12.5. The Labute approximate surface area is 136 Å². The van der Waals surface area contributed by atoms with Gasteiger partial charge in [0, 0.05) is 0 Å². The molecular formula is C18H17NO2Se. The molecule has 0 aliphatic carbocycles. The molecule has 0 aliphatic rings. The number of rotatable bonds is 5. The summed E-state index contributed by atoms with van der Waals surface area (Å²) >= 11 is -0.335. The van der Waals surface area contributed by atoms with E-state index in [9.17, 15) is 9.90 Å². The summed E-state index contributed by atoms with van der Waals surface area (Å²) in [4.78, 5) is 12.6. The average Bonchev–Trinajstić information content (AvgIpc) is 2.55. The van der Waals surface area contributed by atoms with Gasteiger partial charge < -0.3 is 0 Å². The van der Waals surface area contributed by atoms with Crippen molar-refractivity contribution >= 4 is 24.1 Å². The maximum absolute atomic E-state index is 12.6. The van der Waals surface area contributed by atoms with Crippen LogP contribution in [0, 0.1) is 16.7 Å². The van der Waals surface area contributed by atoms with Crippen LogP contribution < -0.4 is 4.46 Å². The Bertz CT molecular complexity index is 687. The van der Waals surface area contributed by atoms with Gasteiger partial charge in [0.1, 0.15) is 0 Å². The number of carbonyl (C=O) groups excluding carboxylic acids is 1. The van der Waals surface area contributed by atoms with Crippen molar-refractivity contribution in [2.24, 2.45) is 5.41 Å². The van der Waals surface area contributed by atoms with Gasteiger partial charge in [0.25, 0.3) is 0 Å². The van der Waals surface area contributed by atoms with E-state index < -0.39 is 11.5 Å². The molecular weight excluding hydrogens is 341 g/mol. The maximum atomic E-state index is 12.6. The van der Waals surface area contributed by atoms with Gasteiger partial charge in [-0.3, -0.25) is 0 Å². The first-order valence-electron chi connectivity index (χ1n) is 6.90. The SMILES string of the molecule is CC(C)(C(=O)[Se]c1ccccc1)C(O)c1ccc(C#N)cc1. The van der Waals surface area contributed by atoms with Crippen LogP contribution >= 0.6 is 0 Å². The molecule has 2 aromatic rings. The first-order valence-corrected chi connectivity index (χ1v) is 8.62. The summed E-state index contributed by atoms with van der Waals surface area (Å²) in [5.74, 6) is 0. The fourth-order valence-corrected chi connectivity index (χ4v) is 3.85. The molecule has 0 bridgehead atoms. The van der Waals surface area contributed by atoms with E-state index in [-0.39, 0.29) is 19.6 Å². The molecule has 0 fully saturated rings. The molecule has 0 radical (unpaired) electrons. The van der Waals surface area contributed by atoms with E-state index in [0.717, 1.165) is 4.46 Å². The Morgan fingerprint density at radius 1 is 1.14 bits per heavy atom. The van der Waals surface area contributed by atoms with Crippen LogP contribution in [0.5, 0.6) is 0 Å². The third-order valence-corrected chi connectivity index (χ3v) is 6.08. The molecule has 0 saturated heterocycles.